The number of hydrogen-bond acceptors (Lipinski definition) is 1. The average Bonchev–Trinajstić information content (AvgIpc) is 3.50. The minimum atomic E-state index is -0.398. The molecule has 8 aromatic rings. The molecule has 41 heavy (non-hydrogen) atoms. The van der Waals surface area contributed by atoms with Gasteiger partial charge >= 0.3 is 0 Å². The van der Waals surface area contributed by atoms with Crippen LogP contribution < -0.4 is 0 Å². The summed E-state index contributed by atoms with van der Waals surface area (Å²) in [4.78, 5) is 5.03. The Morgan fingerprint density at radius 3 is 1.61 bits per heavy atom. The number of aromatic nitrogens is 2. The Labute approximate surface area is 245 Å². The normalized spacial score (nSPS) is 13.1. The highest BCUT2D eigenvalue weighted by molar-refractivity contribution is 6.21. The summed E-state index contributed by atoms with van der Waals surface area (Å²) in [6.07, 6.45) is 0. The van der Waals surface area contributed by atoms with Crippen molar-refractivity contribution in [1.82, 2.24) is 9.55 Å². The Bertz CT molecular complexity index is 2380. The van der Waals surface area contributed by atoms with Gasteiger partial charge in [0, 0.05) is 11.3 Å². The third kappa shape index (κ3) is 3.84. The summed E-state index contributed by atoms with van der Waals surface area (Å²) in [5, 5.41) is 3.52. The molecule has 0 atom stereocenters. The number of para-hydroxylation sites is 3. The van der Waals surface area contributed by atoms with Crippen molar-refractivity contribution < 1.29 is 6.85 Å². The van der Waals surface area contributed by atoms with Crippen LogP contribution in [0.1, 0.15) is 6.85 Å². The average molecular weight is 528 g/mol. The summed E-state index contributed by atoms with van der Waals surface area (Å²) >= 11 is 0. The number of hydrogen-bond donors (Lipinski definition) is 0. The lowest BCUT2D eigenvalue weighted by atomic mass is 9.86. The van der Waals surface area contributed by atoms with Gasteiger partial charge in [-0.25, -0.2) is 4.98 Å². The van der Waals surface area contributed by atoms with Crippen molar-refractivity contribution in [2.45, 2.75) is 0 Å². The summed E-state index contributed by atoms with van der Waals surface area (Å²) in [7, 11) is 0. The Balaban J connectivity index is 1.37. The van der Waals surface area contributed by atoms with Crippen molar-refractivity contribution in [3.8, 4) is 39.3 Å². The smallest absolute Gasteiger partial charge is 0.145 e. The van der Waals surface area contributed by atoms with E-state index in [1.165, 1.54) is 0 Å². The second-order valence-corrected chi connectivity index (χ2v) is 10.0. The number of rotatable bonds is 4. The largest absolute Gasteiger partial charge is 0.292 e. The lowest BCUT2D eigenvalue weighted by Crippen LogP contribution is -1.97. The molecule has 0 aliphatic heterocycles. The fourth-order valence-corrected chi connectivity index (χ4v) is 5.93. The molecule has 0 radical (unpaired) electrons. The molecule has 2 nitrogen and oxygen atoms in total. The van der Waals surface area contributed by atoms with Gasteiger partial charge in [-0.15, -0.1) is 0 Å². The predicted molar refractivity (Wildman–Crippen MR) is 172 cm³/mol. The van der Waals surface area contributed by atoms with Crippen LogP contribution in [0.15, 0.2) is 158 Å². The Hall–Kier alpha value is -5.47. The van der Waals surface area contributed by atoms with Crippen LogP contribution >= 0.6 is 0 Å². The molecule has 0 saturated heterocycles. The van der Waals surface area contributed by atoms with Crippen LogP contribution in [0.25, 0.3) is 71.9 Å². The molecule has 2 heteroatoms. The topological polar surface area (TPSA) is 17.8 Å². The lowest BCUT2D eigenvalue weighted by Gasteiger charge is -2.18. The molecule has 0 amide bonds. The van der Waals surface area contributed by atoms with Gasteiger partial charge in [-0.05, 0) is 68.1 Å². The highest BCUT2D eigenvalue weighted by atomic mass is 15.1. The summed E-state index contributed by atoms with van der Waals surface area (Å²) in [6.45, 7) is 0. The van der Waals surface area contributed by atoms with E-state index in [2.05, 4.69) is 47.0 Å². The Morgan fingerprint density at radius 1 is 0.463 bits per heavy atom. The summed E-state index contributed by atoms with van der Waals surface area (Å²) in [6, 6.07) is 41.1. The Kier molecular flexibility index (Phi) is 4.40. The highest BCUT2D eigenvalue weighted by Gasteiger charge is 2.18. The highest BCUT2D eigenvalue weighted by Crippen LogP contribution is 2.43. The molecule has 0 saturated carbocycles. The van der Waals surface area contributed by atoms with E-state index in [9.17, 15) is 0 Å². The van der Waals surface area contributed by atoms with Crippen LogP contribution in [0.4, 0.5) is 0 Å². The first-order chi connectivity index (χ1) is 22.4. The van der Waals surface area contributed by atoms with Crippen molar-refractivity contribution in [2.75, 3.05) is 0 Å². The lowest BCUT2D eigenvalue weighted by molar-refractivity contribution is 1.10. The second kappa shape index (κ2) is 9.62. The van der Waals surface area contributed by atoms with Gasteiger partial charge in [-0.2, -0.15) is 0 Å². The van der Waals surface area contributed by atoms with Crippen molar-refractivity contribution in [1.29, 1.82) is 0 Å². The zero-order chi connectivity index (χ0) is 31.5. The van der Waals surface area contributed by atoms with Crippen molar-refractivity contribution in [3.05, 3.63) is 158 Å². The number of benzene rings is 7. The van der Waals surface area contributed by atoms with Gasteiger partial charge in [0.25, 0.3) is 0 Å². The molecule has 192 valence electrons. The molecule has 0 unspecified atom stereocenters. The third-order valence-electron chi connectivity index (χ3n) is 7.69. The monoisotopic (exact) mass is 527 g/mol. The molecule has 8 rings (SSSR count). The minimum absolute atomic E-state index is 0.208. The van der Waals surface area contributed by atoms with Crippen LogP contribution in [0.5, 0.6) is 0 Å². The van der Waals surface area contributed by atoms with E-state index in [1.807, 2.05) is 84.9 Å². The van der Waals surface area contributed by atoms with Gasteiger partial charge in [0.05, 0.1) is 17.9 Å². The molecule has 7 aromatic carbocycles. The maximum absolute atomic E-state index is 8.79. The summed E-state index contributed by atoms with van der Waals surface area (Å²) in [5.41, 5.74) is 6.85. The quantitative estimate of drug-likeness (QED) is 0.208. The molecule has 1 heterocycles. The number of fused-ring (bicyclic) bond motifs is 3. The zero-order valence-corrected chi connectivity index (χ0v) is 22.0. The molecule has 0 aliphatic rings. The maximum atomic E-state index is 8.79. The fourth-order valence-electron chi connectivity index (χ4n) is 5.93. The van der Waals surface area contributed by atoms with Crippen LogP contribution in [0.2, 0.25) is 0 Å². The van der Waals surface area contributed by atoms with E-state index < -0.39 is 6.04 Å². The Morgan fingerprint density at radius 2 is 0.976 bits per heavy atom. The summed E-state index contributed by atoms with van der Waals surface area (Å²) in [5.74, 6) is 0.852. The van der Waals surface area contributed by atoms with E-state index >= 15 is 0 Å². The van der Waals surface area contributed by atoms with Crippen LogP contribution in [-0.4, -0.2) is 9.55 Å². The van der Waals surface area contributed by atoms with Gasteiger partial charge in [0.1, 0.15) is 5.82 Å². The van der Waals surface area contributed by atoms with Crippen molar-refractivity contribution >= 4 is 32.6 Å². The van der Waals surface area contributed by atoms with Gasteiger partial charge in [-0.1, -0.05) is 133 Å². The van der Waals surface area contributed by atoms with Crippen LogP contribution in [0, 0.1) is 0 Å². The SMILES string of the molecule is [2H]c1c([2H])c([2H])c(-c2c3ccccc3c(-c3ccc(-c4nc5ccccc5n4-c4ccccc4)cc3)c3ccccc23)c([2H])c1[2H]. The first-order valence-electron chi connectivity index (χ1n) is 16.1. The second-order valence-electron chi connectivity index (χ2n) is 10.0. The van der Waals surface area contributed by atoms with Gasteiger partial charge in [-0.3, -0.25) is 4.57 Å². The molecule has 0 N–H and O–H groups in total. The maximum Gasteiger partial charge on any atom is 0.145 e. The molecular formula is C39H26N2. The van der Waals surface area contributed by atoms with Gasteiger partial charge in [0.2, 0.25) is 0 Å². The van der Waals surface area contributed by atoms with E-state index in [0.717, 1.165) is 60.8 Å². The van der Waals surface area contributed by atoms with Crippen LogP contribution in [-0.2, 0) is 0 Å². The summed E-state index contributed by atoms with van der Waals surface area (Å²) < 4.78 is 44.6. The van der Waals surface area contributed by atoms with Crippen molar-refractivity contribution in [2.24, 2.45) is 0 Å². The molecule has 0 spiro atoms. The third-order valence-corrected chi connectivity index (χ3v) is 7.69. The molecule has 0 aliphatic carbocycles. The number of nitrogens with zero attached hydrogens (tertiary/aromatic N) is 2. The first-order valence-corrected chi connectivity index (χ1v) is 13.6. The molecular weight excluding hydrogens is 496 g/mol. The minimum Gasteiger partial charge on any atom is -0.292 e. The fraction of sp³-hybridized carbons (Fsp3) is 0. The zero-order valence-electron chi connectivity index (χ0n) is 27.0. The van der Waals surface area contributed by atoms with Crippen molar-refractivity contribution in [3.63, 3.8) is 0 Å². The van der Waals surface area contributed by atoms with Crippen LogP contribution in [0.3, 0.4) is 0 Å². The van der Waals surface area contributed by atoms with E-state index in [0.29, 0.717) is 5.56 Å². The predicted octanol–water partition coefficient (Wildman–Crippen LogP) is 10.3. The van der Waals surface area contributed by atoms with E-state index in [4.69, 9.17) is 11.8 Å². The number of imidazole rings is 1. The molecule has 1 aromatic heterocycles. The van der Waals surface area contributed by atoms with Gasteiger partial charge in [0.15, 0.2) is 0 Å². The standard InChI is InChI=1S/C39H26N2/c1-3-13-27(14-4-1)37-31-17-7-9-19-33(31)38(34-20-10-8-18-32(34)37)28-23-25-29(26-24-28)39-40-35-21-11-12-22-36(35)41(39)30-15-5-2-6-16-30/h1-26H/i1D,3D,4D,13D,14D. The molecule has 0 bridgehead atoms. The van der Waals surface area contributed by atoms with E-state index in [-0.39, 0.29) is 29.7 Å². The van der Waals surface area contributed by atoms with E-state index in [1.54, 1.807) is 0 Å². The van der Waals surface area contributed by atoms with Gasteiger partial charge < -0.3 is 0 Å². The molecule has 0 fully saturated rings. The first kappa shape index (κ1) is 18.8.